The van der Waals surface area contributed by atoms with Crippen LogP contribution in [0.3, 0.4) is 0 Å². The van der Waals surface area contributed by atoms with Gasteiger partial charge in [0.15, 0.2) is 5.69 Å². The molecular weight excluding hydrogens is 275 g/mol. The van der Waals surface area contributed by atoms with Crippen molar-refractivity contribution >= 4 is 11.8 Å². The van der Waals surface area contributed by atoms with Crippen molar-refractivity contribution in [1.82, 2.24) is 15.3 Å². The van der Waals surface area contributed by atoms with Crippen LogP contribution in [0.5, 0.6) is 0 Å². The zero-order chi connectivity index (χ0) is 13.5. The molecule has 3 nitrogen and oxygen atoms in total. The Morgan fingerprint density at radius 3 is 2.79 bits per heavy atom. The summed E-state index contributed by atoms with van der Waals surface area (Å²) in [5, 5.41) is 2.99. The number of halogens is 3. The van der Waals surface area contributed by atoms with Gasteiger partial charge in [0.2, 0.25) is 0 Å². The van der Waals surface area contributed by atoms with Crippen molar-refractivity contribution in [2.24, 2.45) is 0 Å². The van der Waals surface area contributed by atoms with Gasteiger partial charge in [-0.2, -0.15) is 24.9 Å². The number of nitrogens with zero attached hydrogens (tertiary/aromatic N) is 2. The Bertz CT molecular complexity index is 484. The molecule has 0 radical (unpaired) electrons. The molecular formula is C12H14F3N3S. The molecule has 0 spiro atoms. The van der Waals surface area contributed by atoms with Gasteiger partial charge in [0.05, 0.1) is 10.9 Å². The van der Waals surface area contributed by atoms with Crippen LogP contribution >= 0.6 is 11.8 Å². The lowest BCUT2D eigenvalue weighted by molar-refractivity contribution is -0.142. The van der Waals surface area contributed by atoms with Crippen molar-refractivity contribution in [2.75, 3.05) is 12.3 Å². The summed E-state index contributed by atoms with van der Waals surface area (Å²) in [6.45, 7) is 0.890. The van der Waals surface area contributed by atoms with E-state index in [9.17, 15) is 13.2 Å². The van der Waals surface area contributed by atoms with E-state index in [1.165, 1.54) is 0 Å². The van der Waals surface area contributed by atoms with E-state index >= 15 is 0 Å². The summed E-state index contributed by atoms with van der Waals surface area (Å²) in [6, 6.07) is 0. The molecule has 3 heterocycles. The molecule has 7 heteroatoms. The molecule has 1 atom stereocenters. The van der Waals surface area contributed by atoms with Crippen LogP contribution in [0.25, 0.3) is 0 Å². The van der Waals surface area contributed by atoms with Crippen molar-refractivity contribution in [1.29, 1.82) is 0 Å². The molecule has 0 bridgehead atoms. The first-order valence-electron chi connectivity index (χ1n) is 6.35. The molecule has 1 unspecified atom stereocenters. The average Bonchev–Trinajstić information content (AvgIpc) is 2.90. The van der Waals surface area contributed by atoms with E-state index in [-0.39, 0.29) is 17.4 Å². The molecule has 1 saturated heterocycles. The highest BCUT2D eigenvalue weighted by molar-refractivity contribution is 7.99. The second kappa shape index (κ2) is 4.94. The average molecular weight is 289 g/mol. The highest BCUT2D eigenvalue weighted by atomic mass is 32.2. The first-order valence-corrected chi connectivity index (χ1v) is 7.40. The quantitative estimate of drug-likeness (QED) is 0.862. The Labute approximate surface area is 113 Å². The Hall–Kier alpha value is -0.820. The monoisotopic (exact) mass is 289 g/mol. The lowest BCUT2D eigenvalue weighted by Crippen LogP contribution is -2.29. The van der Waals surface area contributed by atoms with E-state index in [1.807, 2.05) is 0 Å². The van der Waals surface area contributed by atoms with Crippen molar-refractivity contribution in [3.8, 4) is 0 Å². The van der Waals surface area contributed by atoms with E-state index in [2.05, 4.69) is 15.3 Å². The molecule has 0 aromatic carbocycles. The number of nitrogens with one attached hydrogen (secondary N) is 1. The van der Waals surface area contributed by atoms with Gasteiger partial charge in [-0.1, -0.05) is 0 Å². The van der Waals surface area contributed by atoms with Gasteiger partial charge in [-0.25, -0.2) is 9.97 Å². The number of thioether (sulfide) groups is 1. The highest BCUT2D eigenvalue weighted by Gasteiger charge is 2.38. The first kappa shape index (κ1) is 13.2. The molecule has 0 aliphatic carbocycles. The fourth-order valence-electron chi connectivity index (χ4n) is 2.52. The summed E-state index contributed by atoms with van der Waals surface area (Å²) in [6.07, 6.45) is -1.95. The van der Waals surface area contributed by atoms with Crippen molar-refractivity contribution in [2.45, 2.75) is 37.2 Å². The minimum Gasteiger partial charge on any atom is -0.312 e. The van der Waals surface area contributed by atoms with Gasteiger partial charge < -0.3 is 5.32 Å². The Kier molecular flexibility index (Phi) is 3.42. The van der Waals surface area contributed by atoms with Gasteiger partial charge in [-0.05, 0) is 18.6 Å². The predicted molar refractivity (Wildman–Crippen MR) is 66.9 cm³/mol. The van der Waals surface area contributed by atoms with Gasteiger partial charge in [-0.15, -0.1) is 0 Å². The fourth-order valence-corrected chi connectivity index (χ4v) is 3.73. The molecule has 19 heavy (non-hydrogen) atoms. The van der Waals surface area contributed by atoms with Gasteiger partial charge in [-0.3, -0.25) is 0 Å². The summed E-state index contributed by atoms with van der Waals surface area (Å²) >= 11 is 1.66. The number of hydrogen-bond donors (Lipinski definition) is 1. The van der Waals surface area contributed by atoms with Crippen LogP contribution in [0.4, 0.5) is 13.2 Å². The topological polar surface area (TPSA) is 37.8 Å². The van der Waals surface area contributed by atoms with Crippen LogP contribution in [0.15, 0.2) is 0 Å². The molecule has 104 valence electrons. The number of fused-ring (bicyclic) bond motifs is 1. The second-order valence-electron chi connectivity index (χ2n) is 4.78. The van der Waals surface area contributed by atoms with Crippen molar-refractivity contribution < 1.29 is 13.2 Å². The third kappa shape index (κ3) is 2.58. The van der Waals surface area contributed by atoms with Crippen LogP contribution in [-0.4, -0.2) is 22.3 Å². The predicted octanol–water partition coefficient (Wildman–Crippen LogP) is 2.71. The van der Waals surface area contributed by atoms with E-state index < -0.39 is 11.9 Å². The second-order valence-corrected chi connectivity index (χ2v) is 6.09. The molecule has 2 aliphatic rings. The molecule has 1 aromatic rings. The van der Waals surface area contributed by atoms with Crippen LogP contribution in [0.2, 0.25) is 0 Å². The third-order valence-electron chi connectivity index (χ3n) is 3.44. The van der Waals surface area contributed by atoms with Gasteiger partial charge in [0, 0.05) is 25.1 Å². The van der Waals surface area contributed by atoms with E-state index in [0.717, 1.165) is 18.6 Å². The lowest BCUT2D eigenvalue weighted by atomic mass is 10.0. The number of alkyl halides is 3. The van der Waals surface area contributed by atoms with Crippen LogP contribution in [-0.2, 0) is 19.1 Å². The lowest BCUT2D eigenvalue weighted by Gasteiger charge is -2.22. The summed E-state index contributed by atoms with van der Waals surface area (Å²) in [5.74, 6) is 1.35. The van der Waals surface area contributed by atoms with Crippen LogP contribution in [0.1, 0.15) is 40.9 Å². The van der Waals surface area contributed by atoms with E-state index in [0.29, 0.717) is 24.5 Å². The minimum atomic E-state index is -4.40. The Balaban J connectivity index is 2.07. The molecule has 0 saturated carbocycles. The number of rotatable bonds is 1. The van der Waals surface area contributed by atoms with Gasteiger partial charge >= 0.3 is 6.18 Å². The maximum absolute atomic E-state index is 13.1. The van der Waals surface area contributed by atoms with Gasteiger partial charge in [0.25, 0.3) is 0 Å². The molecule has 3 rings (SSSR count). The smallest absolute Gasteiger partial charge is 0.312 e. The fraction of sp³-hybridized carbons (Fsp3) is 0.667. The van der Waals surface area contributed by atoms with Crippen LogP contribution in [0, 0.1) is 0 Å². The van der Waals surface area contributed by atoms with Crippen LogP contribution < -0.4 is 5.32 Å². The zero-order valence-electron chi connectivity index (χ0n) is 10.3. The summed E-state index contributed by atoms with van der Waals surface area (Å²) in [4.78, 5) is 8.24. The van der Waals surface area contributed by atoms with Crippen molar-refractivity contribution in [3.05, 3.63) is 22.8 Å². The normalized spacial score (nSPS) is 23.4. The number of hydrogen-bond acceptors (Lipinski definition) is 4. The molecule has 2 aliphatic heterocycles. The van der Waals surface area contributed by atoms with Gasteiger partial charge in [0.1, 0.15) is 5.82 Å². The largest absolute Gasteiger partial charge is 0.433 e. The molecule has 1 N–H and O–H groups in total. The highest BCUT2D eigenvalue weighted by Crippen LogP contribution is 2.40. The first-order chi connectivity index (χ1) is 9.05. The molecule has 1 fully saturated rings. The summed E-state index contributed by atoms with van der Waals surface area (Å²) in [5.41, 5.74) is 0.0567. The SMILES string of the molecule is FC(F)(F)c1nc(C2CCCS2)nc2c1CNCC2. The standard InChI is InChI=1S/C12H14F3N3S/c13-12(14,15)10-7-6-16-4-3-8(7)17-11(18-10)9-2-1-5-19-9/h9,16H,1-6H2. The minimum absolute atomic E-state index is 0.0290. The van der Waals surface area contributed by atoms with E-state index in [1.54, 1.807) is 11.8 Å². The Morgan fingerprint density at radius 2 is 2.11 bits per heavy atom. The third-order valence-corrected chi connectivity index (χ3v) is 4.81. The Morgan fingerprint density at radius 1 is 1.26 bits per heavy atom. The van der Waals surface area contributed by atoms with Crippen molar-refractivity contribution in [3.63, 3.8) is 0 Å². The molecule has 0 amide bonds. The maximum atomic E-state index is 13.1. The zero-order valence-corrected chi connectivity index (χ0v) is 11.1. The summed E-state index contributed by atoms with van der Waals surface area (Å²) < 4.78 is 39.4. The summed E-state index contributed by atoms with van der Waals surface area (Å²) in [7, 11) is 0. The van der Waals surface area contributed by atoms with E-state index in [4.69, 9.17) is 0 Å². The maximum Gasteiger partial charge on any atom is 0.433 e. The number of aromatic nitrogens is 2. The molecule has 1 aromatic heterocycles.